The number of hydrogen-bond donors (Lipinski definition) is 0. The van der Waals surface area contributed by atoms with Crippen molar-refractivity contribution in [2.45, 2.75) is 57.7 Å². The summed E-state index contributed by atoms with van der Waals surface area (Å²) < 4.78 is 5.40. The van der Waals surface area contributed by atoms with Crippen LogP contribution >= 0.6 is 0 Å². The van der Waals surface area contributed by atoms with Crippen molar-refractivity contribution in [1.82, 2.24) is 9.80 Å². The van der Waals surface area contributed by atoms with Gasteiger partial charge in [0.1, 0.15) is 5.75 Å². The Kier molecular flexibility index (Phi) is 4.13. The summed E-state index contributed by atoms with van der Waals surface area (Å²) in [5, 5.41) is 0. The zero-order chi connectivity index (χ0) is 16.8. The molecule has 126 valence electrons. The lowest BCUT2D eigenvalue weighted by molar-refractivity contribution is -0.137. The van der Waals surface area contributed by atoms with Gasteiger partial charge in [0, 0.05) is 31.6 Å². The molecule has 1 aromatic carbocycles. The maximum atomic E-state index is 12.7. The van der Waals surface area contributed by atoms with Gasteiger partial charge in [-0.3, -0.25) is 9.69 Å². The topological polar surface area (TPSA) is 32.8 Å². The molecule has 4 heteroatoms. The molecule has 1 aromatic rings. The van der Waals surface area contributed by atoms with Gasteiger partial charge < -0.3 is 9.64 Å². The molecule has 2 aliphatic rings. The Hall–Kier alpha value is -1.55. The standard InChI is InChI=1S/C19H28N2O2/c1-13(2)20(4)18(22)14(3)21-11-15-6-7-16(23-5)10-17(15)19(12-21)8-9-19/h6-7,10,13-14H,8-9,11-12H2,1-5H3. The van der Waals surface area contributed by atoms with E-state index < -0.39 is 0 Å². The number of benzene rings is 1. The largest absolute Gasteiger partial charge is 0.497 e. The molecule has 1 amide bonds. The van der Waals surface area contributed by atoms with Crippen molar-refractivity contribution in [3.05, 3.63) is 29.3 Å². The van der Waals surface area contributed by atoms with Crippen LogP contribution in [0.1, 0.15) is 44.7 Å². The van der Waals surface area contributed by atoms with Crippen LogP contribution < -0.4 is 4.74 Å². The van der Waals surface area contributed by atoms with Gasteiger partial charge in [-0.05, 0) is 56.9 Å². The maximum absolute atomic E-state index is 12.7. The van der Waals surface area contributed by atoms with Crippen LogP contribution in [0.15, 0.2) is 18.2 Å². The SMILES string of the molecule is COc1ccc2c(c1)C1(CC1)CN(C(C)C(=O)N(C)C(C)C)C2. The third-order valence-corrected chi connectivity index (χ3v) is 5.65. The molecule has 1 unspecified atom stereocenters. The van der Waals surface area contributed by atoms with E-state index in [-0.39, 0.29) is 23.4 Å². The third-order valence-electron chi connectivity index (χ3n) is 5.65. The van der Waals surface area contributed by atoms with Gasteiger partial charge in [0.25, 0.3) is 0 Å². The minimum absolute atomic E-state index is 0.0740. The van der Waals surface area contributed by atoms with Crippen LogP contribution in [0.4, 0.5) is 0 Å². The molecule has 1 heterocycles. The lowest BCUT2D eigenvalue weighted by atomic mass is 9.86. The third kappa shape index (κ3) is 2.85. The average Bonchev–Trinajstić information content (AvgIpc) is 3.32. The second-order valence-electron chi connectivity index (χ2n) is 7.43. The smallest absolute Gasteiger partial charge is 0.239 e. The molecule has 0 bridgehead atoms. The molecule has 0 aromatic heterocycles. The van der Waals surface area contributed by atoms with Gasteiger partial charge in [0.15, 0.2) is 0 Å². The molecule has 23 heavy (non-hydrogen) atoms. The van der Waals surface area contributed by atoms with E-state index in [1.54, 1.807) is 7.11 Å². The lowest BCUT2D eigenvalue weighted by Crippen LogP contribution is -2.51. The number of carbonyl (C=O) groups is 1. The fraction of sp³-hybridized carbons (Fsp3) is 0.632. The number of ether oxygens (including phenoxy) is 1. The predicted molar refractivity (Wildman–Crippen MR) is 91.7 cm³/mol. The number of hydrogen-bond acceptors (Lipinski definition) is 3. The van der Waals surface area contributed by atoms with Crippen molar-refractivity contribution >= 4 is 5.91 Å². The highest BCUT2D eigenvalue weighted by atomic mass is 16.5. The second kappa shape index (κ2) is 5.82. The van der Waals surface area contributed by atoms with Crippen LogP contribution in [0.25, 0.3) is 0 Å². The molecule has 1 spiro atoms. The van der Waals surface area contributed by atoms with Crippen LogP contribution in [0.3, 0.4) is 0 Å². The van der Waals surface area contributed by atoms with E-state index in [0.29, 0.717) is 0 Å². The summed E-state index contributed by atoms with van der Waals surface area (Å²) in [5.74, 6) is 1.15. The fourth-order valence-corrected chi connectivity index (χ4v) is 3.62. The molecule has 1 aliphatic heterocycles. The van der Waals surface area contributed by atoms with Gasteiger partial charge in [-0.15, -0.1) is 0 Å². The van der Waals surface area contributed by atoms with Crippen LogP contribution in [0.2, 0.25) is 0 Å². The molecule has 1 fully saturated rings. The summed E-state index contributed by atoms with van der Waals surface area (Å²) in [6.45, 7) is 7.99. The Morgan fingerprint density at radius 1 is 1.30 bits per heavy atom. The minimum atomic E-state index is -0.0740. The quantitative estimate of drug-likeness (QED) is 0.856. The second-order valence-corrected chi connectivity index (χ2v) is 7.43. The molecule has 4 nitrogen and oxygen atoms in total. The monoisotopic (exact) mass is 316 g/mol. The van der Waals surface area contributed by atoms with Crippen molar-refractivity contribution in [2.75, 3.05) is 20.7 Å². The molecule has 0 radical (unpaired) electrons. The van der Waals surface area contributed by atoms with Crippen molar-refractivity contribution in [2.24, 2.45) is 0 Å². The number of carbonyl (C=O) groups excluding carboxylic acids is 1. The molecule has 0 N–H and O–H groups in total. The first-order valence-corrected chi connectivity index (χ1v) is 8.56. The summed E-state index contributed by atoms with van der Waals surface area (Å²) >= 11 is 0. The Labute approximate surface area is 139 Å². The van der Waals surface area contributed by atoms with Gasteiger partial charge in [-0.25, -0.2) is 0 Å². The van der Waals surface area contributed by atoms with Gasteiger partial charge in [0.05, 0.1) is 13.2 Å². The van der Waals surface area contributed by atoms with Crippen molar-refractivity contribution in [1.29, 1.82) is 0 Å². The first-order chi connectivity index (χ1) is 10.9. The molecule has 3 rings (SSSR count). The Morgan fingerprint density at radius 3 is 2.57 bits per heavy atom. The highest BCUT2D eigenvalue weighted by Crippen LogP contribution is 2.53. The number of nitrogens with zero attached hydrogens (tertiary/aromatic N) is 2. The minimum Gasteiger partial charge on any atom is -0.497 e. The summed E-state index contributed by atoms with van der Waals surface area (Å²) in [6, 6.07) is 6.57. The number of rotatable bonds is 4. The van der Waals surface area contributed by atoms with Crippen LogP contribution in [-0.4, -0.2) is 48.5 Å². The lowest BCUT2D eigenvalue weighted by Gasteiger charge is -2.39. The first kappa shape index (κ1) is 16.3. The average molecular weight is 316 g/mol. The zero-order valence-electron chi connectivity index (χ0n) is 14.9. The predicted octanol–water partition coefficient (Wildman–Crippen LogP) is 2.80. The Morgan fingerprint density at radius 2 is 2.00 bits per heavy atom. The van der Waals surface area contributed by atoms with E-state index >= 15 is 0 Å². The highest BCUT2D eigenvalue weighted by Gasteiger charge is 2.50. The van der Waals surface area contributed by atoms with Crippen LogP contribution in [0.5, 0.6) is 5.75 Å². The Balaban J connectivity index is 1.84. The van der Waals surface area contributed by atoms with Gasteiger partial charge in [-0.2, -0.15) is 0 Å². The fourth-order valence-electron chi connectivity index (χ4n) is 3.62. The normalized spacial score (nSPS) is 20.3. The number of amides is 1. The molecule has 0 saturated heterocycles. The number of methoxy groups -OCH3 is 1. The van der Waals surface area contributed by atoms with Gasteiger partial charge in [-0.1, -0.05) is 6.07 Å². The van der Waals surface area contributed by atoms with E-state index in [4.69, 9.17) is 4.74 Å². The zero-order valence-corrected chi connectivity index (χ0v) is 14.9. The van der Waals surface area contributed by atoms with E-state index in [1.165, 1.54) is 24.0 Å². The number of likely N-dealkylation sites (N-methyl/N-ethyl adjacent to an activating group) is 1. The van der Waals surface area contributed by atoms with Crippen LogP contribution in [0, 0.1) is 0 Å². The van der Waals surface area contributed by atoms with Crippen molar-refractivity contribution < 1.29 is 9.53 Å². The summed E-state index contributed by atoms with van der Waals surface area (Å²) in [5.41, 5.74) is 3.03. The van der Waals surface area contributed by atoms with E-state index in [0.717, 1.165) is 18.8 Å². The summed E-state index contributed by atoms with van der Waals surface area (Å²) in [4.78, 5) is 16.9. The summed E-state index contributed by atoms with van der Waals surface area (Å²) in [7, 11) is 3.62. The van der Waals surface area contributed by atoms with Crippen LogP contribution in [-0.2, 0) is 16.8 Å². The van der Waals surface area contributed by atoms with Crippen molar-refractivity contribution in [3.8, 4) is 5.75 Å². The Bertz CT molecular complexity index is 607. The van der Waals surface area contributed by atoms with E-state index in [2.05, 4.69) is 30.9 Å². The first-order valence-electron chi connectivity index (χ1n) is 8.56. The molecule has 1 aliphatic carbocycles. The van der Waals surface area contributed by atoms with Gasteiger partial charge >= 0.3 is 0 Å². The highest BCUT2D eigenvalue weighted by molar-refractivity contribution is 5.81. The van der Waals surface area contributed by atoms with Crippen molar-refractivity contribution in [3.63, 3.8) is 0 Å². The van der Waals surface area contributed by atoms with E-state index in [9.17, 15) is 4.79 Å². The molecule has 1 atom stereocenters. The molecular weight excluding hydrogens is 288 g/mol. The summed E-state index contributed by atoms with van der Waals surface area (Å²) in [6.07, 6.45) is 2.43. The van der Waals surface area contributed by atoms with Gasteiger partial charge in [0.2, 0.25) is 5.91 Å². The maximum Gasteiger partial charge on any atom is 0.239 e. The molecular formula is C19H28N2O2. The van der Waals surface area contributed by atoms with E-state index in [1.807, 2.05) is 24.9 Å². The number of fused-ring (bicyclic) bond motifs is 2. The molecule has 1 saturated carbocycles.